The lowest BCUT2D eigenvalue weighted by Gasteiger charge is -2.28. The van der Waals surface area contributed by atoms with Crippen LogP contribution in [0.25, 0.3) is 0 Å². The molecule has 0 saturated heterocycles. The van der Waals surface area contributed by atoms with Gasteiger partial charge in [0.1, 0.15) is 11.5 Å². The van der Waals surface area contributed by atoms with Crippen molar-refractivity contribution in [3.8, 4) is 0 Å². The van der Waals surface area contributed by atoms with Crippen molar-refractivity contribution in [2.24, 2.45) is 0 Å². The highest BCUT2D eigenvalue weighted by molar-refractivity contribution is 8.00. The molecule has 0 unspecified atom stereocenters. The Labute approximate surface area is 164 Å². The number of carbonyl (C=O) groups excluding carboxylic acids is 3. The van der Waals surface area contributed by atoms with Gasteiger partial charge in [-0.05, 0) is 37.0 Å². The number of aryl methyl sites for hydroxylation is 1. The highest BCUT2D eigenvalue weighted by atomic mass is 32.2. The van der Waals surface area contributed by atoms with Crippen LogP contribution in [0.4, 0.5) is 10.7 Å². The smallest absolute Gasteiger partial charge is 0.341 e. The molecule has 1 aromatic heterocycles. The van der Waals surface area contributed by atoms with Crippen molar-refractivity contribution in [1.29, 1.82) is 0 Å². The van der Waals surface area contributed by atoms with E-state index in [2.05, 4.69) is 5.32 Å². The maximum Gasteiger partial charge on any atom is 0.341 e. The molecule has 0 saturated carbocycles. The molecule has 1 aliphatic carbocycles. The molecule has 1 N–H and O–H groups in total. The first kappa shape index (κ1) is 18.1. The molecule has 1 aliphatic heterocycles. The molecule has 1 aromatic carbocycles. The lowest BCUT2D eigenvalue weighted by Crippen LogP contribution is -2.41. The number of esters is 1. The van der Waals surface area contributed by atoms with E-state index in [-0.39, 0.29) is 18.4 Å². The lowest BCUT2D eigenvalue weighted by atomic mass is 10.1. The van der Waals surface area contributed by atoms with E-state index in [9.17, 15) is 14.4 Å². The summed E-state index contributed by atoms with van der Waals surface area (Å²) in [5, 5.41) is 3.35. The van der Waals surface area contributed by atoms with Gasteiger partial charge >= 0.3 is 5.97 Å². The quantitative estimate of drug-likeness (QED) is 0.796. The average Bonchev–Trinajstić information content (AvgIpc) is 3.24. The summed E-state index contributed by atoms with van der Waals surface area (Å²) >= 11 is 2.90. The van der Waals surface area contributed by atoms with E-state index >= 15 is 0 Å². The van der Waals surface area contributed by atoms with Crippen LogP contribution in [0.2, 0.25) is 0 Å². The normalized spacial score (nSPS) is 15.3. The summed E-state index contributed by atoms with van der Waals surface area (Å²) in [6, 6.07) is 7.54. The van der Waals surface area contributed by atoms with Crippen LogP contribution in [-0.2, 0) is 27.2 Å². The van der Waals surface area contributed by atoms with Gasteiger partial charge in [-0.1, -0.05) is 12.1 Å². The number of para-hydroxylation sites is 1. The lowest BCUT2D eigenvalue weighted by molar-refractivity contribution is -0.120. The number of thiophene rings is 1. The van der Waals surface area contributed by atoms with Crippen molar-refractivity contribution in [3.63, 3.8) is 0 Å². The predicted molar refractivity (Wildman–Crippen MR) is 106 cm³/mol. The number of methoxy groups -OCH3 is 1. The minimum absolute atomic E-state index is 0.0837. The number of carbonyl (C=O) groups is 3. The third-order valence-corrected chi connectivity index (χ3v) is 6.93. The molecule has 0 fully saturated rings. The van der Waals surface area contributed by atoms with Crippen molar-refractivity contribution >= 4 is 51.6 Å². The van der Waals surface area contributed by atoms with Crippen LogP contribution in [0.3, 0.4) is 0 Å². The number of nitrogens with zero attached hydrogens (tertiary/aromatic N) is 1. The van der Waals surface area contributed by atoms with Crippen molar-refractivity contribution in [3.05, 3.63) is 40.3 Å². The van der Waals surface area contributed by atoms with Gasteiger partial charge in [-0.25, -0.2) is 4.79 Å². The molecule has 4 rings (SSSR count). The number of benzene rings is 1. The van der Waals surface area contributed by atoms with E-state index < -0.39 is 5.97 Å². The third kappa shape index (κ3) is 3.35. The molecule has 0 spiro atoms. The first-order chi connectivity index (χ1) is 13.1. The number of thioether (sulfide) groups is 1. The standard InChI is InChI=1S/C19H18N2O4S2/c1-25-19(24)17-11-5-4-8-13(11)27-18(17)20-15(22)9-21-12-6-2-3-7-14(12)26-10-16(21)23/h2-3,6-7H,4-5,8-10H2,1H3,(H,20,22). The summed E-state index contributed by atoms with van der Waals surface area (Å²) in [7, 11) is 1.34. The second kappa shape index (κ2) is 7.36. The Morgan fingerprint density at radius 2 is 2.07 bits per heavy atom. The molecule has 27 heavy (non-hydrogen) atoms. The topological polar surface area (TPSA) is 75.7 Å². The second-order valence-corrected chi connectivity index (χ2v) is 8.46. The molecule has 0 atom stereocenters. The Bertz CT molecular complexity index is 938. The largest absolute Gasteiger partial charge is 0.465 e. The highest BCUT2D eigenvalue weighted by Gasteiger charge is 2.30. The first-order valence-electron chi connectivity index (χ1n) is 8.63. The first-order valence-corrected chi connectivity index (χ1v) is 10.4. The maximum absolute atomic E-state index is 12.7. The average molecular weight is 402 g/mol. The molecular weight excluding hydrogens is 384 g/mol. The van der Waals surface area contributed by atoms with Crippen molar-refractivity contribution in [2.75, 3.05) is 29.6 Å². The summed E-state index contributed by atoms with van der Waals surface area (Å²) in [6.45, 7) is -0.0837. The van der Waals surface area contributed by atoms with Gasteiger partial charge in [0.2, 0.25) is 11.8 Å². The van der Waals surface area contributed by atoms with Gasteiger partial charge in [0, 0.05) is 9.77 Å². The number of rotatable bonds is 4. The number of fused-ring (bicyclic) bond motifs is 2. The summed E-state index contributed by atoms with van der Waals surface area (Å²) in [6.07, 6.45) is 2.74. The molecule has 8 heteroatoms. The third-order valence-electron chi connectivity index (χ3n) is 4.67. The van der Waals surface area contributed by atoms with E-state index in [0.717, 1.165) is 40.3 Å². The van der Waals surface area contributed by atoms with E-state index in [1.165, 1.54) is 35.1 Å². The summed E-state index contributed by atoms with van der Waals surface area (Å²) < 4.78 is 4.90. The predicted octanol–water partition coefficient (Wildman–Crippen LogP) is 3.10. The molecule has 0 bridgehead atoms. The van der Waals surface area contributed by atoms with Gasteiger partial charge in [0.05, 0.1) is 24.1 Å². The Balaban J connectivity index is 1.56. The summed E-state index contributed by atoms with van der Waals surface area (Å²) in [5.41, 5.74) is 2.19. The zero-order valence-corrected chi connectivity index (χ0v) is 16.4. The Kier molecular flexibility index (Phi) is 4.92. The molecule has 0 radical (unpaired) electrons. The van der Waals surface area contributed by atoms with E-state index in [4.69, 9.17) is 4.74 Å². The number of anilines is 2. The van der Waals surface area contributed by atoms with Crippen LogP contribution in [0.5, 0.6) is 0 Å². The molecule has 2 heterocycles. The zero-order valence-electron chi connectivity index (χ0n) is 14.7. The Hall–Kier alpha value is -2.32. The van der Waals surface area contributed by atoms with Crippen LogP contribution < -0.4 is 10.2 Å². The molecule has 140 valence electrons. The Morgan fingerprint density at radius 1 is 1.26 bits per heavy atom. The number of amides is 2. The van der Waals surface area contributed by atoms with Gasteiger partial charge in [0.25, 0.3) is 0 Å². The van der Waals surface area contributed by atoms with Gasteiger partial charge in [-0.15, -0.1) is 23.1 Å². The van der Waals surface area contributed by atoms with Crippen LogP contribution in [0.15, 0.2) is 29.2 Å². The van der Waals surface area contributed by atoms with Gasteiger partial charge in [-0.3, -0.25) is 9.59 Å². The van der Waals surface area contributed by atoms with E-state index in [1.54, 1.807) is 0 Å². The minimum Gasteiger partial charge on any atom is -0.465 e. The second-order valence-electron chi connectivity index (χ2n) is 6.34. The molecular formula is C19H18N2O4S2. The molecule has 6 nitrogen and oxygen atoms in total. The SMILES string of the molecule is COC(=O)c1c(NC(=O)CN2C(=O)CSc3ccccc32)sc2c1CCC2. The zero-order chi connectivity index (χ0) is 19.0. The van der Waals surface area contributed by atoms with Gasteiger partial charge in [0.15, 0.2) is 0 Å². The maximum atomic E-state index is 12.7. The fourth-order valence-corrected chi connectivity index (χ4v) is 5.68. The van der Waals surface area contributed by atoms with Gasteiger partial charge in [-0.2, -0.15) is 0 Å². The number of hydrogen-bond donors (Lipinski definition) is 1. The van der Waals surface area contributed by atoms with Crippen LogP contribution >= 0.6 is 23.1 Å². The number of nitrogens with one attached hydrogen (secondary N) is 1. The van der Waals surface area contributed by atoms with E-state index in [1.807, 2.05) is 24.3 Å². The minimum atomic E-state index is -0.430. The monoisotopic (exact) mass is 402 g/mol. The van der Waals surface area contributed by atoms with Gasteiger partial charge < -0.3 is 15.0 Å². The van der Waals surface area contributed by atoms with Crippen molar-refractivity contribution in [2.45, 2.75) is 24.2 Å². The van der Waals surface area contributed by atoms with Crippen LogP contribution in [0.1, 0.15) is 27.2 Å². The Morgan fingerprint density at radius 3 is 2.89 bits per heavy atom. The van der Waals surface area contributed by atoms with Crippen molar-refractivity contribution in [1.82, 2.24) is 0 Å². The fourth-order valence-electron chi connectivity index (χ4n) is 3.45. The molecule has 2 amide bonds. The van der Waals surface area contributed by atoms with Crippen molar-refractivity contribution < 1.29 is 19.1 Å². The number of ether oxygens (including phenoxy) is 1. The fraction of sp³-hybridized carbons (Fsp3) is 0.316. The summed E-state index contributed by atoms with van der Waals surface area (Å²) in [4.78, 5) is 40.8. The van der Waals surface area contributed by atoms with Crippen LogP contribution in [-0.4, -0.2) is 37.2 Å². The molecule has 2 aliphatic rings. The highest BCUT2D eigenvalue weighted by Crippen LogP contribution is 2.40. The summed E-state index contributed by atoms with van der Waals surface area (Å²) in [5.74, 6) is -0.545. The molecule has 2 aromatic rings. The number of hydrogen-bond acceptors (Lipinski definition) is 6. The van der Waals surface area contributed by atoms with E-state index in [0.29, 0.717) is 16.3 Å². The van der Waals surface area contributed by atoms with Crippen LogP contribution in [0, 0.1) is 0 Å².